The molecular weight excluding hydrogens is 973 g/mol. The van der Waals surface area contributed by atoms with E-state index >= 15 is 0 Å². The van der Waals surface area contributed by atoms with E-state index in [-0.39, 0.29) is 31.1 Å². The Morgan fingerprint density at radius 3 is 0.709 bits per heavy atom. The average molecular weight is 1110 g/mol. The minimum absolute atomic E-state index is 0.0660. The fourth-order valence-corrected chi connectivity index (χ4v) is 10.8. The van der Waals surface area contributed by atoms with Crippen LogP contribution in [-0.2, 0) is 28.6 Å². The number of carbonyl (C=O) groups is 3. The molecule has 0 bridgehead atoms. The van der Waals surface area contributed by atoms with Crippen LogP contribution in [0.3, 0.4) is 0 Å². The Balaban J connectivity index is 4.23. The highest BCUT2D eigenvalue weighted by Crippen LogP contribution is 2.19. The Bertz CT molecular complexity index is 1320. The van der Waals surface area contributed by atoms with Crippen molar-refractivity contribution in [2.45, 2.75) is 399 Å². The molecule has 0 saturated heterocycles. The molecule has 6 heteroatoms. The molecule has 1 unspecified atom stereocenters. The first-order valence-electron chi connectivity index (χ1n) is 35.5. The predicted octanol–water partition coefficient (Wildman–Crippen LogP) is 24.3. The Kier molecular flexibility index (Phi) is 66.1. The molecule has 0 aromatic carbocycles. The Morgan fingerprint density at radius 2 is 0.456 bits per heavy atom. The molecule has 6 nitrogen and oxygen atoms in total. The third kappa shape index (κ3) is 66.3. The van der Waals surface area contributed by atoms with E-state index in [1.54, 1.807) is 0 Å². The monoisotopic (exact) mass is 1110 g/mol. The van der Waals surface area contributed by atoms with Crippen molar-refractivity contribution in [3.8, 4) is 0 Å². The van der Waals surface area contributed by atoms with E-state index in [0.29, 0.717) is 19.3 Å². The van der Waals surface area contributed by atoms with Crippen molar-refractivity contribution in [1.82, 2.24) is 0 Å². The van der Waals surface area contributed by atoms with Gasteiger partial charge in [0.2, 0.25) is 0 Å². The lowest BCUT2D eigenvalue weighted by atomic mass is 10.0. The maximum atomic E-state index is 12.9. The number of ether oxygens (including phenoxy) is 3. The normalized spacial score (nSPS) is 12.2. The lowest BCUT2D eigenvalue weighted by Crippen LogP contribution is -2.30. The second-order valence-corrected chi connectivity index (χ2v) is 24.2. The second kappa shape index (κ2) is 68.1. The summed E-state index contributed by atoms with van der Waals surface area (Å²) >= 11 is 0. The molecule has 0 N–H and O–H groups in total. The molecule has 0 aliphatic carbocycles. The van der Waals surface area contributed by atoms with E-state index in [1.165, 1.54) is 283 Å². The van der Waals surface area contributed by atoms with Crippen LogP contribution < -0.4 is 0 Å². The van der Waals surface area contributed by atoms with Crippen molar-refractivity contribution in [1.29, 1.82) is 0 Å². The SMILES string of the molecule is CCCCCCC/C=C\C/C=C\C/C=C\CCCCCCCCCCCCCCC(=O)OCC(COC(=O)CCCCCCCCCCCCCCC)OC(=O)CCCCCCCCCCCCCCCCCCCCCCC. The van der Waals surface area contributed by atoms with Crippen molar-refractivity contribution in [3.05, 3.63) is 36.5 Å². The quantitative estimate of drug-likeness (QED) is 0.0261. The largest absolute Gasteiger partial charge is 0.462 e. The van der Waals surface area contributed by atoms with Gasteiger partial charge in [0.25, 0.3) is 0 Å². The number of unbranched alkanes of at least 4 members (excludes halogenated alkanes) is 49. The highest BCUT2D eigenvalue weighted by atomic mass is 16.6. The zero-order chi connectivity index (χ0) is 57.1. The maximum Gasteiger partial charge on any atom is 0.306 e. The second-order valence-electron chi connectivity index (χ2n) is 24.2. The van der Waals surface area contributed by atoms with Gasteiger partial charge in [0.05, 0.1) is 0 Å². The molecule has 0 aromatic heterocycles. The Hall–Kier alpha value is -2.37. The summed E-state index contributed by atoms with van der Waals surface area (Å²) in [7, 11) is 0. The third-order valence-electron chi connectivity index (χ3n) is 16.1. The average Bonchev–Trinajstić information content (AvgIpc) is 3.45. The van der Waals surface area contributed by atoms with E-state index in [4.69, 9.17) is 14.2 Å². The molecule has 0 heterocycles. The molecule has 0 aliphatic heterocycles. The lowest BCUT2D eigenvalue weighted by molar-refractivity contribution is -0.167. The smallest absolute Gasteiger partial charge is 0.306 e. The molecule has 0 saturated carbocycles. The van der Waals surface area contributed by atoms with Gasteiger partial charge in [-0.2, -0.15) is 0 Å². The van der Waals surface area contributed by atoms with Crippen LogP contribution in [0.4, 0.5) is 0 Å². The number of rotatable bonds is 66. The summed E-state index contributed by atoms with van der Waals surface area (Å²) in [5, 5.41) is 0. The summed E-state index contributed by atoms with van der Waals surface area (Å²) in [4.78, 5) is 38.4. The number of hydrogen-bond donors (Lipinski definition) is 0. The summed E-state index contributed by atoms with van der Waals surface area (Å²) in [6.07, 6.45) is 84.6. The van der Waals surface area contributed by atoms with Crippen LogP contribution in [-0.4, -0.2) is 37.2 Å². The van der Waals surface area contributed by atoms with E-state index < -0.39 is 6.10 Å². The first-order chi connectivity index (χ1) is 39.0. The topological polar surface area (TPSA) is 78.9 Å². The van der Waals surface area contributed by atoms with E-state index in [9.17, 15) is 14.4 Å². The number of allylic oxidation sites excluding steroid dienone is 6. The van der Waals surface area contributed by atoms with E-state index in [2.05, 4.69) is 57.2 Å². The van der Waals surface area contributed by atoms with Crippen LogP contribution in [0.15, 0.2) is 36.5 Å². The summed E-state index contributed by atoms with van der Waals surface area (Å²) < 4.78 is 17.0. The van der Waals surface area contributed by atoms with Crippen molar-refractivity contribution < 1.29 is 28.6 Å². The van der Waals surface area contributed by atoms with Crippen LogP contribution in [0.2, 0.25) is 0 Å². The van der Waals surface area contributed by atoms with Gasteiger partial charge in [-0.3, -0.25) is 14.4 Å². The van der Waals surface area contributed by atoms with Gasteiger partial charge in [-0.15, -0.1) is 0 Å². The third-order valence-corrected chi connectivity index (χ3v) is 16.1. The van der Waals surface area contributed by atoms with Gasteiger partial charge < -0.3 is 14.2 Å². The molecule has 0 rings (SSSR count). The number of esters is 3. The van der Waals surface area contributed by atoms with Crippen LogP contribution in [0.25, 0.3) is 0 Å². The van der Waals surface area contributed by atoms with Gasteiger partial charge in [0, 0.05) is 19.3 Å². The zero-order valence-electron chi connectivity index (χ0n) is 53.4. The molecule has 0 aliphatic rings. The molecule has 0 aromatic rings. The van der Waals surface area contributed by atoms with Gasteiger partial charge in [-0.1, -0.05) is 353 Å². The molecule has 79 heavy (non-hydrogen) atoms. The van der Waals surface area contributed by atoms with Crippen molar-refractivity contribution >= 4 is 17.9 Å². The van der Waals surface area contributed by atoms with Crippen LogP contribution in [0.1, 0.15) is 393 Å². The Morgan fingerprint density at radius 1 is 0.253 bits per heavy atom. The Labute approximate surface area is 493 Å². The molecule has 0 radical (unpaired) electrons. The minimum Gasteiger partial charge on any atom is -0.462 e. The minimum atomic E-state index is -0.769. The predicted molar refractivity (Wildman–Crippen MR) is 344 cm³/mol. The molecule has 0 spiro atoms. The van der Waals surface area contributed by atoms with Crippen molar-refractivity contribution in [2.24, 2.45) is 0 Å². The van der Waals surface area contributed by atoms with E-state index in [1.807, 2.05) is 0 Å². The highest BCUT2D eigenvalue weighted by molar-refractivity contribution is 5.71. The first kappa shape index (κ1) is 76.6. The van der Waals surface area contributed by atoms with Gasteiger partial charge in [-0.05, 0) is 57.8 Å². The van der Waals surface area contributed by atoms with Crippen molar-refractivity contribution in [2.75, 3.05) is 13.2 Å². The molecular formula is C73H136O6. The van der Waals surface area contributed by atoms with Gasteiger partial charge in [-0.25, -0.2) is 0 Å². The number of hydrogen-bond acceptors (Lipinski definition) is 6. The van der Waals surface area contributed by atoms with Crippen molar-refractivity contribution in [3.63, 3.8) is 0 Å². The summed E-state index contributed by atoms with van der Waals surface area (Å²) in [5.41, 5.74) is 0. The molecule has 0 fully saturated rings. The summed E-state index contributed by atoms with van der Waals surface area (Å²) in [5.74, 6) is -0.837. The molecule has 464 valence electrons. The maximum absolute atomic E-state index is 12.9. The molecule has 1 atom stereocenters. The first-order valence-corrected chi connectivity index (χ1v) is 35.5. The van der Waals surface area contributed by atoms with E-state index in [0.717, 1.165) is 70.6 Å². The number of carbonyl (C=O) groups excluding carboxylic acids is 3. The van der Waals surface area contributed by atoms with Crippen LogP contribution >= 0.6 is 0 Å². The van der Waals surface area contributed by atoms with Gasteiger partial charge in [0.1, 0.15) is 13.2 Å². The summed E-state index contributed by atoms with van der Waals surface area (Å²) in [6.45, 7) is 6.70. The van der Waals surface area contributed by atoms with Crippen LogP contribution in [0, 0.1) is 0 Å². The fourth-order valence-electron chi connectivity index (χ4n) is 10.8. The van der Waals surface area contributed by atoms with Gasteiger partial charge in [0.15, 0.2) is 6.10 Å². The van der Waals surface area contributed by atoms with Gasteiger partial charge >= 0.3 is 17.9 Å². The summed E-state index contributed by atoms with van der Waals surface area (Å²) in [6, 6.07) is 0. The van der Waals surface area contributed by atoms with Crippen LogP contribution in [0.5, 0.6) is 0 Å². The lowest BCUT2D eigenvalue weighted by Gasteiger charge is -2.18. The standard InChI is InChI=1S/C73H136O6/c1-4-7-10-13-16-19-22-25-27-29-31-33-34-35-36-37-38-40-41-43-45-48-51-54-57-60-63-66-72(75)78-69-70(68-77-71(74)65-62-59-56-53-50-47-24-21-18-15-12-9-6-3)79-73(76)67-64-61-58-55-52-49-46-44-42-39-32-30-28-26-23-20-17-14-11-8-5-2/h22,25,29,31,34-35,70H,4-21,23-24,26-28,30,32-33,36-69H2,1-3H3/b25-22-,31-29-,35-34-. The zero-order valence-corrected chi connectivity index (χ0v) is 53.4. The fraction of sp³-hybridized carbons (Fsp3) is 0.877. The molecule has 0 amide bonds. The highest BCUT2D eigenvalue weighted by Gasteiger charge is 2.19.